The molecule has 4 heterocycles. The number of benzene rings is 1. The molecule has 6 rings (SSSR count). The number of nitrogens with one attached hydrogen (secondary N) is 2. The minimum Gasteiger partial charge on any atom is -0.375 e. The molecular weight excluding hydrogens is 570 g/mol. The summed E-state index contributed by atoms with van der Waals surface area (Å²) >= 11 is 0. The number of amides is 1. The molecule has 3 aliphatic rings. The van der Waals surface area contributed by atoms with Gasteiger partial charge in [-0.3, -0.25) is 9.59 Å². The van der Waals surface area contributed by atoms with E-state index in [1.165, 1.54) is 4.52 Å². The van der Waals surface area contributed by atoms with Crippen molar-refractivity contribution >= 4 is 28.6 Å². The molecule has 1 atom stereocenters. The zero-order valence-corrected chi connectivity index (χ0v) is 23.8. The molecule has 2 saturated heterocycles. The molecule has 0 radical (unpaired) electrons. The van der Waals surface area contributed by atoms with Crippen LogP contribution in [0.1, 0.15) is 56.1 Å². The Balaban J connectivity index is 1.38. The lowest BCUT2D eigenvalue weighted by Crippen LogP contribution is -2.47. The van der Waals surface area contributed by atoms with Gasteiger partial charge in [-0.1, -0.05) is 13.0 Å². The highest BCUT2D eigenvalue weighted by molar-refractivity contribution is 5.91. The number of halogens is 4. The Morgan fingerprint density at radius 2 is 2.00 bits per heavy atom. The molecule has 2 N–H and O–H groups in total. The number of allylic oxidation sites excluding steroid dienone is 1. The van der Waals surface area contributed by atoms with Crippen molar-refractivity contribution in [2.75, 3.05) is 43.0 Å². The quantitative estimate of drug-likeness (QED) is 0.414. The molecule has 2 aromatic heterocycles. The SMILES string of the molecule is CCc1c(N2CCNCC2)c(=O)n2nc(C3=CCC4(CCCO4)CC3)nc2n1CC(=O)Nc1ccc(C(F)(F)F)cc1F. The largest absolute Gasteiger partial charge is 0.416 e. The molecule has 0 bridgehead atoms. The number of carbonyl (C=O) groups is 1. The van der Waals surface area contributed by atoms with Crippen LogP contribution in [0.2, 0.25) is 0 Å². The topological polar surface area (TPSA) is 106 Å². The Morgan fingerprint density at radius 3 is 2.63 bits per heavy atom. The van der Waals surface area contributed by atoms with Crippen LogP contribution in [0.25, 0.3) is 11.4 Å². The molecule has 1 amide bonds. The third-order valence-corrected chi connectivity index (χ3v) is 8.51. The van der Waals surface area contributed by atoms with Gasteiger partial charge in [0.15, 0.2) is 5.82 Å². The van der Waals surface area contributed by atoms with E-state index in [1.54, 1.807) is 4.57 Å². The second kappa shape index (κ2) is 11.4. The number of hydrogen-bond donors (Lipinski definition) is 2. The molecule has 230 valence electrons. The minimum atomic E-state index is -4.72. The minimum absolute atomic E-state index is 0.150. The van der Waals surface area contributed by atoms with E-state index in [1.807, 2.05) is 11.8 Å². The number of nitrogens with zero attached hydrogens (tertiary/aromatic N) is 5. The normalized spacial score (nSPS) is 21.0. The summed E-state index contributed by atoms with van der Waals surface area (Å²) in [6.45, 7) is 4.75. The maximum absolute atomic E-state index is 14.5. The van der Waals surface area contributed by atoms with Crippen molar-refractivity contribution in [3.05, 3.63) is 57.5 Å². The number of piperazine rings is 1. The van der Waals surface area contributed by atoms with Crippen molar-refractivity contribution in [2.24, 2.45) is 0 Å². The molecule has 10 nitrogen and oxygen atoms in total. The van der Waals surface area contributed by atoms with Gasteiger partial charge in [0.1, 0.15) is 18.0 Å². The Morgan fingerprint density at radius 1 is 1.21 bits per heavy atom. The third-order valence-electron chi connectivity index (χ3n) is 8.51. The molecule has 43 heavy (non-hydrogen) atoms. The summed E-state index contributed by atoms with van der Waals surface area (Å²) in [6.07, 6.45) is 2.01. The van der Waals surface area contributed by atoms with E-state index in [4.69, 9.17) is 9.72 Å². The van der Waals surface area contributed by atoms with Crippen LogP contribution < -0.4 is 21.1 Å². The zero-order chi connectivity index (χ0) is 30.4. The fourth-order valence-electron chi connectivity index (χ4n) is 6.27. The molecular formula is C29H33F4N7O3. The van der Waals surface area contributed by atoms with Crippen LogP contribution in [0.4, 0.5) is 28.9 Å². The summed E-state index contributed by atoms with van der Waals surface area (Å²) < 4.78 is 62.4. The molecule has 14 heteroatoms. The van der Waals surface area contributed by atoms with E-state index in [0.29, 0.717) is 68.4 Å². The number of alkyl halides is 3. The molecule has 3 aromatic rings. The number of aromatic nitrogens is 4. The Bertz CT molecular complexity index is 1630. The van der Waals surface area contributed by atoms with Crippen LogP contribution >= 0.6 is 0 Å². The van der Waals surface area contributed by atoms with Gasteiger partial charge in [-0.05, 0) is 62.3 Å². The number of fused-ring (bicyclic) bond motifs is 1. The highest BCUT2D eigenvalue weighted by Crippen LogP contribution is 2.40. The first kappa shape index (κ1) is 29.3. The molecule has 1 unspecified atom stereocenters. The van der Waals surface area contributed by atoms with Crippen LogP contribution in [0, 0.1) is 5.82 Å². The smallest absolute Gasteiger partial charge is 0.375 e. The summed E-state index contributed by atoms with van der Waals surface area (Å²) in [5.41, 5.74) is -0.151. The highest BCUT2D eigenvalue weighted by atomic mass is 19.4. The van der Waals surface area contributed by atoms with Crippen LogP contribution in [0.5, 0.6) is 0 Å². The highest BCUT2D eigenvalue weighted by Gasteiger charge is 2.37. The van der Waals surface area contributed by atoms with E-state index in [0.717, 1.165) is 43.9 Å². The van der Waals surface area contributed by atoms with Gasteiger partial charge in [0.05, 0.1) is 22.5 Å². The van der Waals surface area contributed by atoms with Crippen molar-refractivity contribution in [1.29, 1.82) is 0 Å². The number of anilines is 2. The Hall–Kier alpha value is -3.78. The van der Waals surface area contributed by atoms with E-state index in [-0.39, 0.29) is 29.2 Å². The van der Waals surface area contributed by atoms with E-state index >= 15 is 0 Å². The lowest BCUT2D eigenvalue weighted by atomic mass is 9.83. The van der Waals surface area contributed by atoms with Gasteiger partial charge >= 0.3 is 6.18 Å². The summed E-state index contributed by atoms with van der Waals surface area (Å²) in [6, 6.07) is 1.94. The molecule has 0 saturated carbocycles. The molecule has 1 aromatic carbocycles. The van der Waals surface area contributed by atoms with Crippen LogP contribution in [0.3, 0.4) is 0 Å². The standard InChI is InChI=1S/C29H33F4N7O3/c1-2-22-24(38-13-11-34-12-14-38)26(42)40-27(36-25(37-40)18-6-9-28(10-7-18)8-3-15-43-28)39(22)17-23(41)35-21-5-4-19(16-20(21)30)29(31,32)33/h4-6,16,34H,2-3,7-15,17H2,1H3,(H,35,41). The van der Waals surface area contributed by atoms with Crippen molar-refractivity contribution < 1.29 is 27.1 Å². The van der Waals surface area contributed by atoms with E-state index in [2.05, 4.69) is 21.8 Å². The lowest BCUT2D eigenvalue weighted by molar-refractivity contribution is -0.137. The summed E-state index contributed by atoms with van der Waals surface area (Å²) in [4.78, 5) is 33.8. The predicted molar refractivity (Wildman–Crippen MR) is 151 cm³/mol. The van der Waals surface area contributed by atoms with Crippen LogP contribution in [-0.2, 0) is 28.7 Å². The average molecular weight is 604 g/mol. The molecule has 2 aliphatic heterocycles. The van der Waals surface area contributed by atoms with Crippen molar-refractivity contribution in [1.82, 2.24) is 24.5 Å². The summed E-state index contributed by atoms with van der Waals surface area (Å²) in [7, 11) is 0. The maximum atomic E-state index is 14.5. The Kier molecular flexibility index (Phi) is 7.75. The Labute approximate surface area is 244 Å². The van der Waals surface area contributed by atoms with Gasteiger partial charge in [0.2, 0.25) is 11.7 Å². The number of rotatable bonds is 6. The molecule has 1 aliphatic carbocycles. The van der Waals surface area contributed by atoms with Gasteiger partial charge < -0.3 is 24.8 Å². The maximum Gasteiger partial charge on any atom is 0.416 e. The molecule has 2 fully saturated rings. The first-order chi connectivity index (χ1) is 20.6. The van der Waals surface area contributed by atoms with Crippen molar-refractivity contribution in [2.45, 2.75) is 63.8 Å². The molecule has 1 spiro atoms. The number of carbonyl (C=O) groups excluding carboxylic acids is 1. The van der Waals surface area contributed by atoms with Crippen LogP contribution in [-0.4, -0.2) is 63.5 Å². The zero-order valence-electron chi connectivity index (χ0n) is 23.8. The first-order valence-electron chi connectivity index (χ1n) is 14.6. The summed E-state index contributed by atoms with van der Waals surface area (Å²) in [5.74, 6) is -1.33. The predicted octanol–water partition coefficient (Wildman–Crippen LogP) is 3.78. The fraction of sp³-hybridized carbons (Fsp3) is 0.517. The number of hydrogen-bond acceptors (Lipinski definition) is 7. The van der Waals surface area contributed by atoms with Gasteiger partial charge in [-0.25, -0.2) is 4.39 Å². The van der Waals surface area contributed by atoms with E-state index in [9.17, 15) is 27.2 Å². The van der Waals surface area contributed by atoms with Crippen molar-refractivity contribution in [3.63, 3.8) is 0 Å². The van der Waals surface area contributed by atoms with Gasteiger partial charge in [0, 0.05) is 32.8 Å². The fourth-order valence-corrected chi connectivity index (χ4v) is 6.27. The third kappa shape index (κ3) is 5.65. The number of ether oxygens (including phenoxy) is 1. The van der Waals surface area contributed by atoms with E-state index < -0.39 is 23.5 Å². The first-order valence-corrected chi connectivity index (χ1v) is 14.6. The second-order valence-electron chi connectivity index (χ2n) is 11.2. The van der Waals surface area contributed by atoms with Crippen LogP contribution in [0.15, 0.2) is 29.1 Å². The van der Waals surface area contributed by atoms with Gasteiger partial charge in [0.25, 0.3) is 5.56 Å². The second-order valence-corrected chi connectivity index (χ2v) is 11.2. The van der Waals surface area contributed by atoms with Gasteiger partial charge in [-0.15, -0.1) is 5.10 Å². The van der Waals surface area contributed by atoms with Gasteiger partial charge in [-0.2, -0.15) is 22.7 Å². The van der Waals surface area contributed by atoms with Crippen molar-refractivity contribution in [3.8, 4) is 0 Å². The lowest BCUT2D eigenvalue weighted by Gasteiger charge is -2.31. The monoisotopic (exact) mass is 603 g/mol. The summed E-state index contributed by atoms with van der Waals surface area (Å²) in [5, 5.41) is 10.2. The average Bonchev–Trinajstić information content (AvgIpc) is 3.64.